The van der Waals surface area contributed by atoms with Crippen molar-refractivity contribution in [3.63, 3.8) is 0 Å². The first-order chi connectivity index (χ1) is 8.58. The fourth-order valence-electron chi connectivity index (χ4n) is 2.62. The van der Waals surface area contributed by atoms with E-state index < -0.39 is 0 Å². The van der Waals surface area contributed by atoms with E-state index in [-0.39, 0.29) is 11.9 Å². The van der Waals surface area contributed by atoms with Crippen molar-refractivity contribution in [1.82, 2.24) is 9.88 Å². The zero-order chi connectivity index (χ0) is 13.1. The highest BCUT2D eigenvalue weighted by Gasteiger charge is 2.19. The molecule has 0 bridgehead atoms. The molecule has 4 heteroatoms. The molecule has 18 heavy (non-hydrogen) atoms. The standard InChI is InChI=1S/C14H23N3O/c1-10(2)17-9-11(15)8-13(17)14(18)16-12-6-4-3-5-7-12/h8-10,12H,3-7,15H2,1-2H3,(H,16,18). The average Bonchev–Trinajstić information content (AvgIpc) is 2.73. The quantitative estimate of drug-likeness (QED) is 0.865. The smallest absolute Gasteiger partial charge is 0.268 e. The van der Waals surface area contributed by atoms with E-state index in [1.54, 1.807) is 6.07 Å². The Balaban J connectivity index is 2.08. The van der Waals surface area contributed by atoms with Gasteiger partial charge in [0.05, 0.1) is 5.69 Å². The minimum atomic E-state index is 0.00676. The minimum Gasteiger partial charge on any atom is -0.397 e. The van der Waals surface area contributed by atoms with Crippen LogP contribution in [0, 0.1) is 0 Å². The summed E-state index contributed by atoms with van der Waals surface area (Å²) >= 11 is 0. The van der Waals surface area contributed by atoms with Gasteiger partial charge in [-0.1, -0.05) is 19.3 Å². The van der Waals surface area contributed by atoms with E-state index in [1.165, 1.54) is 19.3 Å². The lowest BCUT2D eigenvalue weighted by molar-refractivity contribution is 0.0917. The maximum Gasteiger partial charge on any atom is 0.268 e. The molecule has 1 aromatic rings. The molecule has 0 unspecified atom stereocenters. The van der Waals surface area contributed by atoms with E-state index in [0.717, 1.165) is 12.8 Å². The topological polar surface area (TPSA) is 60.0 Å². The highest BCUT2D eigenvalue weighted by Crippen LogP contribution is 2.20. The molecule has 1 amide bonds. The van der Waals surface area contributed by atoms with Crippen LogP contribution in [0.25, 0.3) is 0 Å². The number of nitrogen functional groups attached to an aromatic ring is 1. The summed E-state index contributed by atoms with van der Waals surface area (Å²) < 4.78 is 1.94. The third-order valence-corrected chi connectivity index (χ3v) is 3.60. The van der Waals surface area contributed by atoms with Crippen molar-refractivity contribution in [3.05, 3.63) is 18.0 Å². The molecule has 1 fully saturated rings. The predicted octanol–water partition coefficient (Wildman–Crippen LogP) is 2.71. The summed E-state index contributed by atoms with van der Waals surface area (Å²) in [4.78, 5) is 12.3. The number of nitrogens with zero attached hydrogens (tertiary/aromatic N) is 1. The lowest BCUT2D eigenvalue weighted by atomic mass is 9.95. The maximum absolute atomic E-state index is 12.3. The molecule has 4 nitrogen and oxygen atoms in total. The van der Waals surface area contributed by atoms with Crippen molar-refractivity contribution in [2.75, 3.05) is 5.73 Å². The number of rotatable bonds is 3. The fraction of sp³-hybridized carbons (Fsp3) is 0.643. The van der Waals surface area contributed by atoms with E-state index in [0.29, 0.717) is 17.4 Å². The van der Waals surface area contributed by atoms with Crippen LogP contribution in [-0.2, 0) is 0 Å². The molecule has 0 atom stereocenters. The molecule has 0 aromatic carbocycles. The number of carbonyl (C=O) groups excluding carboxylic acids is 1. The van der Waals surface area contributed by atoms with Gasteiger partial charge in [-0.05, 0) is 32.8 Å². The van der Waals surface area contributed by atoms with Crippen molar-refractivity contribution in [3.8, 4) is 0 Å². The second kappa shape index (κ2) is 5.46. The van der Waals surface area contributed by atoms with E-state index >= 15 is 0 Å². The third kappa shape index (κ3) is 2.86. The molecule has 1 aromatic heterocycles. The molecule has 0 aliphatic heterocycles. The average molecular weight is 249 g/mol. The summed E-state index contributed by atoms with van der Waals surface area (Å²) in [6.45, 7) is 4.10. The van der Waals surface area contributed by atoms with Crippen LogP contribution in [0.1, 0.15) is 62.5 Å². The Hall–Kier alpha value is -1.45. The summed E-state index contributed by atoms with van der Waals surface area (Å²) in [5.74, 6) is 0.00676. The molecule has 0 spiro atoms. The van der Waals surface area contributed by atoms with E-state index in [2.05, 4.69) is 19.2 Å². The highest BCUT2D eigenvalue weighted by molar-refractivity contribution is 5.94. The molecule has 3 N–H and O–H groups in total. The molecule has 2 rings (SSSR count). The second-order valence-corrected chi connectivity index (χ2v) is 5.47. The van der Waals surface area contributed by atoms with Gasteiger partial charge in [0.2, 0.25) is 0 Å². The lowest BCUT2D eigenvalue weighted by Crippen LogP contribution is -2.37. The maximum atomic E-state index is 12.3. The van der Waals surface area contributed by atoms with Gasteiger partial charge in [-0.3, -0.25) is 4.79 Å². The first-order valence-electron chi connectivity index (χ1n) is 6.86. The van der Waals surface area contributed by atoms with Crippen molar-refractivity contribution >= 4 is 11.6 Å². The summed E-state index contributed by atoms with van der Waals surface area (Å²) in [7, 11) is 0. The van der Waals surface area contributed by atoms with Crippen molar-refractivity contribution in [1.29, 1.82) is 0 Å². The highest BCUT2D eigenvalue weighted by atomic mass is 16.2. The third-order valence-electron chi connectivity index (χ3n) is 3.60. The van der Waals surface area contributed by atoms with Gasteiger partial charge >= 0.3 is 0 Å². The molecule has 0 radical (unpaired) electrons. The Bertz CT molecular complexity index is 417. The molecule has 100 valence electrons. The monoisotopic (exact) mass is 249 g/mol. The SMILES string of the molecule is CC(C)n1cc(N)cc1C(=O)NC1CCCCC1. The number of nitrogens with two attached hydrogens (primary N) is 1. The van der Waals surface area contributed by atoms with E-state index in [1.807, 2.05) is 10.8 Å². The van der Waals surface area contributed by atoms with E-state index in [4.69, 9.17) is 5.73 Å². The molecule has 1 heterocycles. The van der Waals surface area contributed by atoms with Crippen LogP contribution in [0.4, 0.5) is 5.69 Å². The van der Waals surface area contributed by atoms with Gasteiger partial charge in [0.25, 0.3) is 5.91 Å². The number of hydrogen-bond acceptors (Lipinski definition) is 2. The van der Waals surface area contributed by atoms with Crippen molar-refractivity contribution < 1.29 is 4.79 Å². The number of anilines is 1. The number of aromatic nitrogens is 1. The summed E-state index contributed by atoms with van der Waals surface area (Å²) in [6.07, 6.45) is 7.77. The van der Waals surface area contributed by atoms with Gasteiger partial charge in [-0.2, -0.15) is 0 Å². The summed E-state index contributed by atoms with van der Waals surface area (Å²) in [6, 6.07) is 2.34. The van der Waals surface area contributed by atoms with Crippen LogP contribution >= 0.6 is 0 Å². The Labute approximate surface area is 109 Å². The Morgan fingerprint density at radius 2 is 2.06 bits per heavy atom. The van der Waals surface area contributed by atoms with Gasteiger partial charge in [-0.15, -0.1) is 0 Å². The molecule has 1 aliphatic carbocycles. The molecule has 0 saturated heterocycles. The molecule has 1 aliphatic rings. The summed E-state index contributed by atoms with van der Waals surface area (Å²) in [5, 5.41) is 3.13. The summed E-state index contributed by atoms with van der Waals surface area (Å²) in [5.41, 5.74) is 7.11. The van der Waals surface area contributed by atoms with Crippen molar-refractivity contribution in [2.45, 2.75) is 58.0 Å². The van der Waals surface area contributed by atoms with Crippen LogP contribution in [0.2, 0.25) is 0 Å². The fourth-order valence-corrected chi connectivity index (χ4v) is 2.62. The minimum absolute atomic E-state index is 0.00676. The number of carbonyl (C=O) groups is 1. The van der Waals surface area contributed by atoms with Crippen molar-refractivity contribution in [2.24, 2.45) is 0 Å². The van der Waals surface area contributed by atoms with Crippen LogP contribution in [0.3, 0.4) is 0 Å². The predicted molar refractivity (Wildman–Crippen MR) is 73.6 cm³/mol. The van der Waals surface area contributed by atoms with Gasteiger partial charge in [0, 0.05) is 18.3 Å². The second-order valence-electron chi connectivity index (χ2n) is 5.47. The van der Waals surface area contributed by atoms with Crippen LogP contribution in [0.15, 0.2) is 12.3 Å². The lowest BCUT2D eigenvalue weighted by Gasteiger charge is -2.23. The zero-order valence-electron chi connectivity index (χ0n) is 11.3. The normalized spacial score (nSPS) is 17.1. The Morgan fingerprint density at radius 1 is 1.39 bits per heavy atom. The first-order valence-corrected chi connectivity index (χ1v) is 6.86. The Morgan fingerprint density at radius 3 is 2.67 bits per heavy atom. The zero-order valence-corrected chi connectivity index (χ0v) is 11.3. The van der Waals surface area contributed by atoms with Crippen LogP contribution in [0.5, 0.6) is 0 Å². The van der Waals surface area contributed by atoms with Crippen LogP contribution in [-0.4, -0.2) is 16.5 Å². The molecular formula is C14H23N3O. The molecular weight excluding hydrogens is 226 g/mol. The molecule has 1 saturated carbocycles. The first kappa shape index (κ1) is 13.0. The number of nitrogens with one attached hydrogen (secondary N) is 1. The van der Waals surface area contributed by atoms with Crippen LogP contribution < -0.4 is 11.1 Å². The van der Waals surface area contributed by atoms with Gasteiger partial charge < -0.3 is 15.6 Å². The van der Waals surface area contributed by atoms with E-state index in [9.17, 15) is 4.79 Å². The van der Waals surface area contributed by atoms with Gasteiger partial charge in [-0.25, -0.2) is 0 Å². The van der Waals surface area contributed by atoms with Gasteiger partial charge in [0.1, 0.15) is 5.69 Å². The Kier molecular flexibility index (Phi) is 3.94. The largest absolute Gasteiger partial charge is 0.397 e. The number of amides is 1. The number of hydrogen-bond donors (Lipinski definition) is 2. The van der Waals surface area contributed by atoms with Gasteiger partial charge in [0.15, 0.2) is 0 Å².